The molecule has 0 saturated carbocycles. The highest BCUT2D eigenvalue weighted by atomic mass is 16.6. The van der Waals surface area contributed by atoms with Crippen LogP contribution >= 0.6 is 0 Å². The third kappa shape index (κ3) is 4.38. The Labute approximate surface area is 78.1 Å². The van der Waals surface area contributed by atoms with Crippen molar-refractivity contribution in [3.05, 3.63) is 12.7 Å². The first-order valence-corrected chi connectivity index (χ1v) is 4.43. The lowest BCUT2D eigenvalue weighted by atomic mass is 10.3. The predicted octanol–water partition coefficient (Wildman–Crippen LogP) is -0.0347. The van der Waals surface area contributed by atoms with Crippen LogP contribution in [0.2, 0.25) is 0 Å². The summed E-state index contributed by atoms with van der Waals surface area (Å²) < 4.78 is 15.4. The zero-order valence-electron chi connectivity index (χ0n) is 7.65. The molecule has 1 fully saturated rings. The van der Waals surface area contributed by atoms with Crippen molar-refractivity contribution in [2.45, 2.75) is 12.2 Å². The minimum absolute atomic E-state index is 0.0598. The van der Waals surface area contributed by atoms with Crippen LogP contribution in [0.3, 0.4) is 0 Å². The fraction of sp³-hybridized carbons (Fsp3) is 0.778. The molecule has 4 heteroatoms. The second-order valence-electron chi connectivity index (χ2n) is 2.79. The summed E-state index contributed by atoms with van der Waals surface area (Å²) in [6.07, 6.45) is 2.14. The summed E-state index contributed by atoms with van der Waals surface area (Å²) in [5.74, 6) is 0. The van der Waals surface area contributed by atoms with Gasteiger partial charge in [0.25, 0.3) is 0 Å². The smallest absolute Gasteiger partial charge is 0.111 e. The van der Waals surface area contributed by atoms with Gasteiger partial charge in [0.1, 0.15) is 12.2 Å². The Morgan fingerprint density at radius 1 is 1.31 bits per heavy atom. The molecule has 76 valence electrons. The molecule has 1 aliphatic heterocycles. The van der Waals surface area contributed by atoms with E-state index in [1.807, 2.05) is 0 Å². The number of rotatable bonds is 8. The maximum atomic E-state index is 8.39. The first kappa shape index (κ1) is 10.7. The van der Waals surface area contributed by atoms with Crippen LogP contribution in [0.5, 0.6) is 0 Å². The van der Waals surface area contributed by atoms with E-state index in [9.17, 15) is 0 Å². The third-order valence-corrected chi connectivity index (χ3v) is 1.74. The van der Waals surface area contributed by atoms with E-state index in [2.05, 4.69) is 6.58 Å². The van der Waals surface area contributed by atoms with Gasteiger partial charge in [-0.2, -0.15) is 0 Å². The van der Waals surface area contributed by atoms with Gasteiger partial charge in [-0.1, -0.05) is 6.08 Å². The normalized spacial score (nSPS) is 25.9. The summed E-state index contributed by atoms with van der Waals surface area (Å²) in [5.41, 5.74) is 0. The molecular formula is C9H16O4. The second kappa shape index (κ2) is 6.10. The van der Waals surface area contributed by atoms with Crippen LogP contribution in [-0.2, 0) is 14.2 Å². The summed E-state index contributed by atoms with van der Waals surface area (Å²) in [7, 11) is 0. The van der Waals surface area contributed by atoms with E-state index in [1.54, 1.807) is 6.08 Å². The van der Waals surface area contributed by atoms with Gasteiger partial charge in [0.2, 0.25) is 0 Å². The minimum atomic E-state index is 0.0598. The van der Waals surface area contributed by atoms with Crippen LogP contribution in [0.1, 0.15) is 0 Å². The van der Waals surface area contributed by atoms with Gasteiger partial charge in [-0.15, -0.1) is 6.58 Å². The van der Waals surface area contributed by atoms with Crippen molar-refractivity contribution in [1.82, 2.24) is 0 Å². The summed E-state index contributed by atoms with van der Waals surface area (Å²) >= 11 is 0. The Balaban J connectivity index is 1.77. The minimum Gasteiger partial charge on any atom is -0.394 e. The van der Waals surface area contributed by atoms with E-state index in [4.69, 9.17) is 19.3 Å². The Bertz CT molecular complexity index is 149. The molecule has 1 N–H and O–H groups in total. The van der Waals surface area contributed by atoms with Crippen LogP contribution < -0.4 is 0 Å². The Morgan fingerprint density at radius 3 is 2.69 bits per heavy atom. The lowest BCUT2D eigenvalue weighted by molar-refractivity contribution is 0.0288. The quantitative estimate of drug-likeness (QED) is 0.330. The molecule has 2 unspecified atom stereocenters. The van der Waals surface area contributed by atoms with Gasteiger partial charge in [-0.3, -0.25) is 0 Å². The van der Waals surface area contributed by atoms with Crippen molar-refractivity contribution in [3.63, 3.8) is 0 Å². The number of epoxide rings is 1. The number of hydrogen-bond donors (Lipinski definition) is 1. The largest absolute Gasteiger partial charge is 0.394 e. The SMILES string of the molecule is C=CC1OC1COCCOCCO. The molecule has 0 aromatic heterocycles. The zero-order chi connectivity index (χ0) is 9.52. The molecule has 0 aromatic carbocycles. The molecular weight excluding hydrogens is 172 g/mol. The van der Waals surface area contributed by atoms with Gasteiger partial charge < -0.3 is 19.3 Å². The van der Waals surface area contributed by atoms with E-state index in [0.717, 1.165) is 0 Å². The van der Waals surface area contributed by atoms with Crippen molar-refractivity contribution in [1.29, 1.82) is 0 Å². The summed E-state index contributed by atoms with van der Waals surface area (Å²) in [4.78, 5) is 0. The topological polar surface area (TPSA) is 51.2 Å². The number of ether oxygens (including phenoxy) is 3. The molecule has 1 aliphatic rings. The molecule has 0 aliphatic carbocycles. The van der Waals surface area contributed by atoms with Crippen molar-refractivity contribution in [3.8, 4) is 0 Å². The Morgan fingerprint density at radius 2 is 2.08 bits per heavy atom. The maximum Gasteiger partial charge on any atom is 0.111 e. The van der Waals surface area contributed by atoms with E-state index >= 15 is 0 Å². The molecule has 4 nitrogen and oxygen atoms in total. The average molecular weight is 188 g/mol. The first-order chi connectivity index (χ1) is 6.38. The highest BCUT2D eigenvalue weighted by Gasteiger charge is 2.35. The van der Waals surface area contributed by atoms with Gasteiger partial charge in [0.15, 0.2) is 0 Å². The predicted molar refractivity (Wildman–Crippen MR) is 47.6 cm³/mol. The van der Waals surface area contributed by atoms with E-state index in [1.165, 1.54) is 0 Å². The van der Waals surface area contributed by atoms with Gasteiger partial charge in [0.05, 0.1) is 33.0 Å². The third-order valence-electron chi connectivity index (χ3n) is 1.74. The van der Waals surface area contributed by atoms with Gasteiger partial charge in [-0.25, -0.2) is 0 Å². The average Bonchev–Trinajstić information content (AvgIpc) is 2.90. The number of hydrogen-bond acceptors (Lipinski definition) is 4. The lowest BCUT2D eigenvalue weighted by Crippen LogP contribution is -2.10. The van der Waals surface area contributed by atoms with Crippen LogP contribution in [0, 0.1) is 0 Å². The van der Waals surface area contributed by atoms with E-state index in [0.29, 0.717) is 26.4 Å². The summed E-state index contributed by atoms with van der Waals surface area (Å²) in [6.45, 7) is 5.70. The molecule has 0 aromatic rings. The second-order valence-corrected chi connectivity index (χ2v) is 2.79. The zero-order valence-corrected chi connectivity index (χ0v) is 7.65. The fourth-order valence-electron chi connectivity index (χ4n) is 0.982. The molecule has 1 heterocycles. The van der Waals surface area contributed by atoms with Crippen LogP contribution in [0.15, 0.2) is 12.7 Å². The van der Waals surface area contributed by atoms with Gasteiger partial charge >= 0.3 is 0 Å². The number of aliphatic hydroxyl groups excluding tert-OH is 1. The van der Waals surface area contributed by atoms with Crippen LogP contribution in [-0.4, -0.2) is 50.3 Å². The highest BCUT2D eigenvalue weighted by molar-refractivity contribution is 4.97. The van der Waals surface area contributed by atoms with E-state index < -0.39 is 0 Å². The van der Waals surface area contributed by atoms with Gasteiger partial charge in [-0.05, 0) is 0 Å². The molecule has 1 saturated heterocycles. The molecule has 13 heavy (non-hydrogen) atoms. The van der Waals surface area contributed by atoms with Crippen molar-refractivity contribution in [2.75, 3.05) is 33.0 Å². The fourth-order valence-corrected chi connectivity index (χ4v) is 0.982. The molecule has 0 spiro atoms. The monoisotopic (exact) mass is 188 g/mol. The molecule has 0 amide bonds. The van der Waals surface area contributed by atoms with Crippen molar-refractivity contribution in [2.24, 2.45) is 0 Å². The van der Waals surface area contributed by atoms with Crippen molar-refractivity contribution >= 4 is 0 Å². The standard InChI is InChI=1S/C9H16O4/c1-2-8-9(13-8)7-12-6-5-11-4-3-10/h2,8-10H,1,3-7H2. The van der Waals surface area contributed by atoms with E-state index in [-0.39, 0.29) is 18.8 Å². The summed E-state index contributed by atoms with van der Waals surface area (Å²) in [6, 6.07) is 0. The van der Waals surface area contributed by atoms with Crippen LogP contribution in [0.4, 0.5) is 0 Å². The molecule has 2 atom stereocenters. The molecule has 0 radical (unpaired) electrons. The van der Waals surface area contributed by atoms with Crippen molar-refractivity contribution < 1.29 is 19.3 Å². The Kier molecular flexibility index (Phi) is 5.00. The maximum absolute atomic E-state index is 8.39. The first-order valence-electron chi connectivity index (χ1n) is 4.43. The molecule has 1 rings (SSSR count). The summed E-state index contributed by atoms with van der Waals surface area (Å²) in [5, 5.41) is 8.39. The Hall–Kier alpha value is -0.420. The van der Waals surface area contributed by atoms with Gasteiger partial charge in [0, 0.05) is 0 Å². The van der Waals surface area contributed by atoms with Crippen LogP contribution in [0.25, 0.3) is 0 Å². The lowest BCUT2D eigenvalue weighted by Gasteiger charge is -2.02. The number of aliphatic hydroxyl groups is 1. The highest BCUT2D eigenvalue weighted by Crippen LogP contribution is 2.22. The molecule has 0 bridgehead atoms.